The van der Waals surface area contributed by atoms with Gasteiger partial charge in [-0.2, -0.15) is 0 Å². The van der Waals surface area contributed by atoms with Crippen LogP contribution in [0.15, 0.2) is 29.2 Å². The third kappa shape index (κ3) is 5.02. The predicted octanol–water partition coefficient (Wildman–Crippen LogP) is 1.36. The molecule has 146 valence electrons. The van der Waals surface area contributed by atoms with Gasteiger partial charge in [-0.15, -0.1) is 0 Å². The van der Waals surface area contributed by atoms with Crippen molar-refractivity contribution in [3.63, 3.8) is 0 Å². The Morgan fingerprint density at radius 1 is 1.37 bits per heavy atom. The Labute approximate surface area is 153 Å². The van der Waals surface area contributed by atoms with Crippen molar-refractivity contribution in [1.29, 1.82) is 0 Å². The fraction of sp³-hybridized carbons (Fsp3) is 0.412. The van der Waals surface area contributed by atoms with Crippen LogP contribution in [0.1, 0.15) is 32.4 Å². The molecule has 0 aliphatic carbocycles. The summed E-state index contributed by atoms with van der Waals surface area (Å²) in [5, 5.41) is 33.6. The van der Waals surface area contributed by atoms with Crippen LogP contribution in [0.5, 0.6) is 0 Å². The lowest BCUT2D eigenvalue weighted by atomic mass is 10.0. The first kappa shape index (κ1) is 20.3. The topological polar surface area (TPSA) is 155 Å². The number of carbonyl (C=O) groups excluding carboxylic acids is 1. The van der Waals surface area contributed by atoms with E-state index >= 15 is 0 Å². The van der Waals surface area contributed by atoms with Crippen LogP contribution in [0, 0.1) is 10.1 Å². The van der Waals surface area contributed by atoms with Crippen LogP contribution >= 0.6 is 0 Å². The number of aliphatic hydroxyl groups is 2. The van der Waals surface area contributed by atoms with Crippen molar-refractivity contribution in [3.05, 3.63) is 50.3 Å². The van der Waals surface area contributed by atoms with Gasteiger partial charge in [0.15, 0.2) is 0 Å². The largest absolute Gasteiger partial charge is 0.444 e. The summed E-state index contributed by atoms with van der Waals surface area (Å²) in [4.78, 5) is 36.5. The van der Waals surface area contributed by atoms with E-state index in [0.717, 1.165) is 6.20 Å². The van der Waals surface area contributed by atoms with Crippen molar-refractivity contribution in [3.8, 4) is 0 Å². The maximum atomic E-state index is 12.2. The lowest BCUT2D eigenvalue weighted by Crippen LogP contribution is -2.38. The number of ether oxygens (including phenoxy) is 1. The first-order valence-corrected chi connectivity index (χ1v) is 8.12. The first-order chi connectivity index (χ1) is 12.5. The number of aromatic nitrogens is 1. The monoisotopic (exact) mass is 379 g/mol. The van der Waals surface area contributed by atoms with Crippen LogP contribution in [0.25, 0.3) is 10.9 Å². The van der Waals surface area contributed by atoms with Crippen LogP contribution in [-0.4, -0.2) is 44.5 Å². The maximum absolute atomic E-state index is 12.2. The number of benzene rings is 1. The fourth-order valence-corrected chi connectivity index (χ4v) is 2.38. The van der Waals surface area contributed by atoms with Gasteiger partial charge in [-0.05, 0) is 38.5 Å². The fourth-order valence-electron chi connectivity index (χ4n) is 2.38. The molecular weight excluding hydrogens is 358 g/mol. The molecule has 2 rings (SSSR count). The number of carbonyl (C=O) groups is 1. The van der Waals surface area contributed by atoms with E-state index in [1.807, 2.05) is 0 Å². The lowest BCUT2D eigenvalue weighted by molar-refractivity contribution is -0.386. The third-order valence-corrected chi connectivity index (χ3v) is 3.64. The number of rotatable bonds is 5. The van der Waals surface area contributed by atoms with Crippen LogP contribution in [0.4, 0.5) is 10.5 Å². The summed E-state index contributed by atoms with van der Waals surface area (Å²) >= 11 is 0. The van der Waals surface area contributed by atoms with Gasteiger partial charge in [-0.25, -0.2) is 4.79 Å². The number of aliphatic hydroxyl groups excluding tert-OH is 2. The highest BCUT2D eigenvalue weighted by Crippen LogP contribution is 2.21. The minimum Gasteiger partial charge on any atom is -0.444 e. The van der Waals surface area contributed by atoms with Gasteiger partial charge in [0.25, 0.3) is 5.43 Å². The molecule has 4 N–H and O–H groups in total. The number of H-pyrrole nitrogens is 1. The maximum Gasteiger partial charge on any atom is 0.407 e. The van der Waals surface area contributed by atoms with Crippen LogP contribution in [-0.2, 0) is 4.74 Å². The van der Waals surface area contributed by atoms with Gasteiger partial charge in [0.2, 0.25) is 0 Å². The Morgan fingerprint density at radius 2 is 2.04 bits per heavy atom. The van der Waals surface area contributed by atoms with Crippen molar-refractivity contribution in [1.82, 2.24) is 10.3 Å². The summed E-state index contributed by atoms with van der Waals surface area (Å²) in [7, 11) is 0. The standard InChI is InChI=1S/C17H21N3O7/c1-17(2,3)27-16(24)19-8-13(21)14(22)9-4-5-11-10(6-9)15(23)12(7-18-11)20(25)26/h4-7,13-14,21-22H,8H2,1-3H3,(H,18,23)(H,19,24). The molecule has 0 spiro atoms. The van der Waals surface area contributed by atoms with Crippen LogP contribution in [0.3, 0.4) is 0 Å². The molecule has 0 saturated carbocycles. The zero-order valence-corrected chi connectivity index (χ0v) is 15.1. The van der Waals surface area contributed by atoms with Gasteiger partial charge in [0.1, 0.15) is 17.8 Å². The number of pyridine rings is 1. The minimum absolute atomic E-state index is 0.00746. The molecule has 2 aromatic rings. The van der Waals surface area contributed by atoms with Gasteiger partial charge in [0, 0.05) is 12.1 Å². The van der Waals surface area contributed by atoms with E-state index in [1.165, 1.54) is 18.2 Å². The summed E-state index contributed by atoms with van der Waals surface area (Å²) in [5.41, 5.74) is -1.61. The van der Waals surface area contributed by atoms with Crippen molar-refractivity contribution < 1.29 is 24.7 Å². The van der Waals surface area contributed by atoms with Gasteiger partial charge in [-0.3, -0.25) is 14.9 Å². The van der Waals surface area contributed by atoms with Crippen molar-refractivity contribution >= 4 is 22.7 Å². The zero-order valence-electron chi connectivity index (χ0n) is 15.1. The number of amides is 1. The molecule has 0 aliphatic heterocycles. The van der Waals surface area contributed by atoms with E-state index < -0.39 is 39.9 Å². The minimum atomic E-state index is -1.43. The molecule has 0 saturated heterocycles. The number of nitrogens with zero attached hydrogens (tertiary/aromatic N) is 1. The van der Waals surface area contributed by atoms with E-state index in [-0.39, 0.29) is 17.5 Å². The third-order valence-electron chi connectivity index (χ3n) is 3.64. The van der Waals surface area contributed by atoms with E-state index in [1.54, 1.807) is 20.8 Å². The normalized spacial score (nSPS) is 13.8. The first-order valence-electron chi connectivity index (χ1n) is 8.12. The number of fused-ring (bicyclic) bond motifs is 1. The van der Waals surface area contributed by atoms with Gasteiger partial charge < -0.3 is 25.3 Å². The molecule has 0 bridgehead atoms. The van der Waals surface area contributed by atoms with Crippen molar-refractivity contribution in [2.24, 2.45) is 0 Å². The zero-order chi connectivity index (χ0) is 20.4. The molecule has 1 aromatic heterocycles. The second-order valence-corrected chi connectivity index (χ2v) is 6.96. The molecule has 2 atom stereocenters. The molecule has 10 nitrogen and oxygen atoms in total. The van der Waals surface area contributed by atoms with E-state index in [2.05, 4.69) is 10.3 Å². The average Bonchev–Trinajstić information content (AvgIpc) is 2.57. The SMILES string of the molecule is CC(C)(C)OC(=O)NCC(O)C(O)c1ccc2[nH]cc([N+](=O)[O-])c(=O)c2c1. The number of alkyl carbamates (subject to hydrolysis) is 1. The van der Waals surface area contributed by atoms with Crippen molar-refractivity contribution in [2.75, 3.05) is 6.54 Å². The highest BCUT2D eigenvalue weighted by atomic mass is 16.6. The Morgan fingerprint density at radius 3 is 2.63 bits per heavy atom. The lowest BCUT2D eigenvalue weighted by Gasteiger charge is -2.22. The molecule has 27 heavy (non-hydrogen) atoms. The van der Waals surface area contributed by atoms with Gasteiger partial charge >= 0.3 is 11.8 Å². The summed E-state index contributed by atoms with van der Waals surface area (Å²) in [6, 6.07) is 4.20. The van der Waals surface area contributed by atoms with Crippen LogP contribution in [0.2, 0.25) is 0 Å². The molecule has 0 fully saturated rings. The highest BCUT2D eigenvalue weighted by Gasteiger charge is 2.23. The number of nitro groups is 1. The molecule has 0 radical (unpaired) electrons. The van der Waals surface area contributed by atoms with E-state index in [0.29, 0.717) is 5.52 Å². The highest BCUT2D eigenvalue weighted by molar-refractivity contribution is 5.81. The van der Waals surface area contributed by atoms with Crippen LogP contribution < -0.4 is 10.7 Å². The molecule has 10 heteroatoms. The smallest absolute Gasteiger partial charge is 0.407 e. The Kier molecular flexibility index (Phi) is 5.82. The van der Waals surface area contributed by atoms with Crippen molar-refractivity contribution in [2.45, 2.75) is 38.6 Å². The number of hydrogen-bond acceptors (Lipinski definition) is 7. The predicted molar refractivity (Wildman–Crippen MR) is 96.4 cm³/mol. The molecule has 0 aliphatic rings. The molecule has 1 aromatic carbocycles. The summed E-state index contributed by atoms with van der Waals surface area (Å²) in [6.45, 7) is 4.76. The van der Waals surface area contributed by atoms with E-state index in [9.17, 15) is 29.9 Å². The second-order valence-electron chi connectivity index (χ2n) is 6.96. The number of nitrogens with one attached hydrogen (secondary N) is 2. The molecule has 1 amide bonds. The van der Waals surface area contributed by atoms with E-state index in [4.69, 9.17) is 4.74 Å². The summed E-state index contributed by atoms with van der Waals surface area (Å²) in [5.74, 6) is 0. The molecule has 2 unspecified atom stereocenters. The second kappa shape index (κ2) is 7.72. The average molecular weight is 379 g/mol. The molecule has 1 heterocycles. The number of hydrogen-bond donors (Lipinski definition) is 4. The Bertz CT molecular complexity index is 917. The quantitative estimate of drug-likeness (QED) is 0.451. The summed E-state index contributed by atoms with van der Waals surface area (Å²) < 4.78 is 5.03. The Balaban J connectivity index is 2.18. The van der Waals surface area contributed by atoms with Gasteiger partial charge in [-0.1, -0.05) is 6.07 Å². The summed E-state index contributed by atoms with van der Waals surface area (Å²) in [6.07, 6.45) is -2.56. The van der Waals surface area contributed by atoms with Gasteiger partial charge in [0.05, 0.1) is 16.5 Å². The molecular formula is C17H21N3O7. The Hall–Kier alpha value is -2.98. The number of aromatic amines is 1.